The van der Waals surface area contributed by atoms with Crippen LogP contribution in [0.3, 0.4) is 0 Å². The van der Waals surface area contributed by atoms with Crippen molar-refractivity contribution in [2.75, 3.05) is 6.26 Å². The highest BCUT2D eigenvalue weighted by molar-refractivity contribution is 7.93. The molecule has 0 saturated heterocycles. The lowest BCUT2D eigenvalue weighted by Gasteiger charge is -1.88. The predicted molar refractivity (Wildman–Crippen MR) is 59.5 cm³/mol. The number of hydrogen-bond donors (Lipinski definition) is 0. The Morgan fingerprint density at radius 3 is 2.29 bits per heavy atom. The first-order valence-electron chi connectivity index (χ1n) is 4.18. The van der Waals surface area contributed by atoms with Gasteiger partial charge in [0.25, 0.3) is 0 Å². The fourth-order valence-electron chi connectivity index (χ4n) is 0.919. The van der Waals surface area contributed by atoms with Gasteiger partial charge in [-0.3, -0.25) is 0 Å². The Hall–Kier alpha value is -1.35. The van der Waals surface area contributed by atoms with Gasteiger partial charge in [-0.15, -0.1) is 0 Å². The quantitative estimate of drug-likeness (QED) is 0.714. The number of allylic oxidation sites excluding steroid dienone is 2. The minimum Gasteiger partial charge on any atom is -0.225 e. The lowest BCUT2D eigenvalue weighted by Crippen LogP contribution is -1.86. The second kappa shape index (κ2) is 4.77. The zero-order valence-corrected chi connectivity index (χ0v) is 8.74. The van der Waals surface area contributed by atoms with E-state index in [2.05, 4.69) is 0 Å². The van der Waals surface area contributed by atoms with Crippen LogP contribution in [0, 0.1) is 0 Å². The molecule has 0 radical (unpaired) electrons. The minimum absolute atomic E-state index is 1.05. The van der Waals surface area contributed by atoms with Gasteiger partial charge in [0.2, 0.25) is 0 Å². The van der Waals surface area contributed by atoms with Crippen LogP contribution in [-0.4, -0.2) is 14.7 Å². The molecular formula is C11H12O2S. The molecule has 0 aromatic heterocycles. The van der Waals surface area contributed by atoms with E-state index in [0.29, 0.717) is 0 Å². The summed E-state index contributed by atoms with van der Waals surface area (Å²) in [6, 6.07) is 9.69. The van der Waals surface area contributed by atoms with Crippen LogP contribution in [0.25, 0.3) is 6.08 Å². The predicted octanol–water partition coefficient (Wildman–Crippen LogP) is 2.26. The van der Waals surface area contributed by atoms with Crippen molar-refractivity contribution in [1.29, 1.82) is 0 Å². The zero-order valence-electron chi connectivity index (χ0n) is 7.92. The molecule has 0 aliphatic carbocycles. The molecule has 74 valence electrons. The summed E-state index contributed by atoms with van der Waals surface area (Å²) in [5.41, 5.74) is 1.05. The third kappa shape index (κ3) is 4.62. The van der Waals surface area contributed by atoms with Gasteiger partial charge in [0.1, 0.15) is 0 Å². The molecule has 0 spiro atoms. The van der Waals surface area contributed by atoms with Crippen molar-refractivity contribution < 1.29 is 8.42 Å². The van der Waals surface area contributed by atoms with E-state index in [-0.39, 0.29) is 0 Å². The molecule has 0 heterocycles. The summed E-state index contributed by atoms with van der Waals surface area (Å²) in [5.74, 6) is 0. The fraction of sp³-hybridized carbons (Fsp3) is 0.0909. The normalized spacial score (nSPS) is 12.6. The van der Waals surface area contributed by atoms with E-state index in [1.54, 1.807) is 6.08 Å². The fourth-order valence-corrected chi connectivity index (χ4v) is 1.30. The maximum Gasteiger partial charge on any atom is 0.168 e. The Morgan fingerprint density at radius 1 is 1.07 bits per heavy atom. The Balaban J connectivity index is 2.63. The molecule has 0 atom stereocenters. The first kappa shape index (κ1) is 10.7. The molecule has 0 fully saturated rings. The van der Waals surface area contributed by atoms with Crippen LogP contribution in [0.2, 0.25) is 0 Å². The van der Waals surface area contributed by atoms with Gasteiger partial charge in [0, 0.05) is 11.7 Å². The molecule has 0 amide bonds. The summed E-state index contributed by atoms with van der Waals surface area (Å²) in [4.78, 5) is 0. The zero-order chi connectivity index (χ0) is 10.4. The molecule has 3 heteroatoms. The van der Waals surface area contributed by atoms with E-state index in [1.807, 2.05) is 36.4 Å². The molecule has 0 aliphatic heterocycles. The molecular weight excluding hydrogens is 196 g/mol. The molecule has 1 aromatic rings. The summed E-state index contributed by atoms with van der Waals surface area (Å²) in [7, 11) is -3.01. The Kier molecular flexibility index (Phi) is 3.65. The van der Waals surface area contributed by atoms with Crippen molar-refractivity contribution in [2.24, 2.45) is 0 Å². The van der Waals surface area contributed by atoms with Crippen molar-refractivity contribution in [3.05, 3.63) is 53.5 Å². The number of benzene rings is 1. The third-order valence-electron chi connectivity index (χ3n) is 1.53. The summed E-state index contributed by atoms with van der Waals surface area (Å²) >= 11 is 0. The highest BCUT2D eigenvalue weighted by atomic mass is 32.2. The van der Waals surface area contributed by atoms with Crippen LogP contribution >= 0.6 is 0 Å². The average Bonchev–Trinajstić information content (AvgIpc) is 2.13. The van der Waals surface area contributed by atoms with E-state index in [9.17, 15) is 8.42 Å². The van der Waals surface area contributed by atoms with Crippen LogP contribution in [0.5, 0.6) is 0 Å². The van der Waals surface area contributed by atoms with Gasteiger partial charge in [0.15, 0.2) is 9.84 Å². The molecule has 0 unspecified atom stereocenters. The number of rotatable bonds is 3. The Morgan fingerprint density at radius 2 is 1.71 bits per heavy atom. The maximum absolute atomic E-state index is 10.7. The van der Waals surface area contributed by atoms with Crippen LogP contribution < -0.4 is 0 Å². The van der Waals surface area contributed by atoms with E-state index in [4.69, 9.17) is 0 Å². The topological polar surface area (TPSA) is 34.1 Å². The number of hydrogen-bond acceptors (Lipinski definition) is 2. The van der Waals surface area contributed by atoms with E-state index >= 15 is 0 Å². The summed E-state index contributed by atoms with van der Waals surface area (Å²) in [6.07, 6.45) is 6.24. The first-order chi connectivity index (χ1) is 6.58. The van der Waals surface area contributed by atoms with Gasteiger partial charge in [-0.05, 0) is 5.56 Å². The molecule has 1 aromatic carbocycles. The van der Waals surface area contributed by atoms with Crippen molar-refractivity contribution >= 4 is 15.9 Å². The smallest absolute Gasteiger partial charge is 0.168 e. The van der Waals surface area contributed by atoms with Crippen LogP contribution in [0.1, 0.15) is 5.56 Å². The highest BCUT2D eigenvalue weighted by Gasteiger charge is 1.89. The van der Waals surface area contributed by atoms with Gasteiger partial charge in [0.05, 0.1) is 0 Å². The molecule has 0 N–H and O–H groups in total. The van der Waals surface area contributed by atoms with Gasteiger partial charge in [-0.25, -0.2) is 8.42 Å². The Bertz CT molecular complexity index is 428. The standard InChI is InChI=1S/C11H12O2S/c1-14(12,13)10-6-5-9-11-7-3-2-4-8-11/h2-10H,1H3/b9-5+,10-6+. The Labute approximate surface area is 84.5 Å². The van der Waals surface area contributed by atoms with Crippen molar-refractivity contribution in [1.82, 2.24) is 0 Å². The lowest BCUT2D eigenvalue weighted by atomic mass is 10.2. The van der Waals surface area contributed by atoms with Crippen molar-refractivity contribution in [3.8, 4) is 0 Å². The van der Waals surface area contributed by atoms with E-state index in [0.717, 1.165) is 5.56 Å². The second-order valence-corrected chi connectivity index (χ2v) is 4.86. The van der Waals surface area contributed by atoms with E-state index < -0.39 is 9.84 Å². The van der Waals surface area contributed by atoms with Crippen molar-refractivity contribution in [2.45, 2.75) is 0 Å². The second-order valence-electron chi connectivity index (χ2n) is 2.93. The SMILES string of the molecule is CS(=O)(=O)/C=C/C=C/c1ccccc1. The third-order valence-corrected chi connectivity index (χ3v) is 2.18. The molecule has 2 nitrogen and oxygen atoms in total. The lowest BCUT2D eigenvalue weighted by molar-refractivity contribution is 0.610. The molecule has 0 bridgehead atoms. The first-order valence-corrected chi connectivity index (χ1v) is 6.13. The monoisotopic (exact) mass is 208 g/mol. The molecule has 0 saturated carbocycles. The molecule has 14 heavy (non-hydrogen) atoms. The molecule has 0 aliphatic rings. The molecule has 1 rings (SSSR count). The minimum atomic E-state index is -3.01. The average molecular weight is 208 g/mol. The summed E-state index contributed by atoms with van der Waals surface area (Å²) in [5, 5.41) is 1.17. The van der Waals surface area contributed by atoms with Gasteiger partial charge >= 0.3 is 0 Å². The highest BCUT2D eigenvalue weighted by Crippen LogP contribution is 2.00. The van der Waals surface area contributed by atoms with E-state index in [1.165, 1.54) is 17.7 Å². The summed E-state index contributed by atoms with van der Waals surface area (Å²) < 4.78 is 21.4. The summed E-state index contributed by atoms with van der Waals surface area (Å²) in [6.45, 7) is 0. The largest absolute Gasteiger partial charge is 0.225 e. The van der Waals surface area contributed by atoms with Gasteiger partial charge in [-0.1, -0.05) is 48.6 Å². The van der Waals surface area contributed by atoms with Crippen LogP contribution in [-0.2, 0) is 9.84 Å². The number of sulfone groups is 1. The van der Waals surface area contributed by atoms with Crippen molar-refractivity contribution in [3.63, 3.8) is 0 Å². The maximum atomic E-state index is 10.7. The van der Waals surface area contributed by atoms with Gasteiger partial charge < -0.3 is 0 Å². The van der Waals surface area contributed by atoms with Crippen LogP contribution in [0.15, 0.2) is 47.9 Å². The van der Waals surface area contributed by atoms with Crippen LogP contribution in [0.4, 0.5) is 0 Å². The van der Waals surface area contributed by atoms with Gasteiger partial charge in [-0.2, -0.15) is 0 Å².